The minimum atomic E-state index is -4.24. The number of sulfone groups is 1. The maximum atomic E-state index is 13.0. The zero-order chi connectivity index (χ0) is 23.0. The van der Waals surface area contributed by atoms with E-state index in [-0.39, 0.29) is 23.1 Å². The minimum Gasteiger partial charge on any atom is -0.488 e. The van der Waals surface area contributed by atoms with Crippen LogP contribution in [0.25, 0.3) is 4.98 Å². The van der Waals surface area contributed by atoms with Gasteiger partial charge in [-0.2, -0.15) is 0 Å². The van der Waals surface area contributed by atoms with Crippen molar-refractivity contribution in [2.24, 2.45) is 0 Å². The van der Waals surface area contributed by atoms with Crippen LogP contribution in [-0.4, -0.2) is 51.7 Å². The Hall–Kier alpha value is -1.93. The Kier molecular flexibility index (Phi) is 6.74. The Morgan fingerprint density at radius 3 is 2.40 bits per heavy atom. The van der Waals surface area contributed by atoms with Crippen LogP contribution in [0.1, 0.15) is 34.6 Å². The zero-order valence-corrected chi connectivity index (χ0v) is 20.5. The molecule has 0 unspecified atom stereocenters. The number of rotatable bonds is 6. The monoisotopic (exact) mass is 454 g/mol. The third-order valence-electron chi connectivity index (χ3n) is 5.84. The summed E-state index contributed by atoms with van der Waals surface area (Å²) < 4.78 is 38.0. The van der Waals surface area contributed by atoms with Crippen molar-refractivity contribution >= 4 is 18.2 Å². The first-order chi connectivity index (χ1) is 13.6. The molecule has 0 saturated carbocycles. The summed E-state index contributed by atoms with van der Waals surface area (Å²) in [4.78, 5) is 4.27. The first kappa shape index (κ1) is 24.3. The lowest BCUT2D eigenvalue weighted by molar-refractivity contribution is -0.0573. The molecule has 0 bridgehead atoms. The minimum absolute atomic E-state index is 0.00701. The highest BCUT2D eigenvalue weighted by Gasteiger charge is 2.50. The van der Waals surface area contributed by atoms with Crippen LogP contribution in [0.15, 0.2) is 46.1 Å². The van der Waals surface area contributed by atoms with Crippen LogP contribution in [0.4, 0.5) is 0 Å². The molecule has 2 rings (SSSR count). The van der Waals surface area contributed by atoms with Gasteiger partial charge in [0.2, 0.25) is 5.39 Å². The van der Waals surface area contributed by atoms with E-state index in [4.69, 9.17) is 9.16 Å². The van der Waals surface area contributed by atoms with E-state index in [1.807, 2.05) is 0 Å². The fourth-order valence-electron chi connectivity index (χ4n) is 2.99. The van der Waals surface area contributed by atoms with E-state index < -0.39 is 40.8 Å². The van der Waals surface area contributed by atoms with E-state index in [0.717, 1.165) is 0 Å². The van der Waals surface area contributed by atoms with Crippen molar-refractivity contribution in [3.8, 4) is 0 Å². The largest absolute Gasteiger partial charge is 0.537 e. The number of aliphatic hydroxyl groups is 1. The molecule has 10 heteroatoms. The molecule has 0 amide bonds. The summed E-state index contributed by atoms with van der Waals surface area (Å²) in [6.45, 7) is 14.5. The van der Waals surface area contributed by atoms with E-state index in [2.05, 4.69) is 38.8 Å². The SMILES string of the molecule is CC1(C)OC[C@@H](CO[Si](C)(C)C(C)(C)C)N1/C(O)=C(\[N+]#N)S(=O)(=O)c1ccccc1. The maximum absolute atomic E-state index is 13.0. The van der Waals surface area contributed by atoms with Gasteiger partial charge in [0, 0.05) is 0 Å². The van der Waals surface area contributed by atoms with Gasteiger partial charge >= 0.3 is 10.9 Å². The number of diazo groups is 1. The van der Waals surface area contributed by atoms with Crippen molar-refractivity contribution in [3.05, 3.63) is 46.2 Å². The summed E-state index contributed by atoms with van der Waals surface area (Å²) in [5.41, 5.74) is -1.02. The van der Waals surface area contributed by atoms with Crippen LogP contribution in [0, 0.1) is 5.39 Å². The summed E-state index contributed by atoms with van der Waals surface area (Å²) in [7, 11) is -6.32. The Bertz CT molecular complexity index is 947. The molecule has 30 heavy (non-hydrogen) atoms. The van der Waals surface area contributed by atoms with Gasteiger partial charge in [0.05, 0.1) is 24.2 Å². The second kappa shape index (κ2) is 8.30. The lowest BCUT2D eigenvalue weighted by Crippen LogP contribution is -2.49. The number of hydrogen-bond donors (Lipinski definition) is 1. The average molecular weight is 455 g/mol. The summed E-state index contributed by atoms with van der Waals surface area (Å²) in [5.74, 6) is -0.673. The molecule has 1 saturated heterocycles. The topological polar surface area (TPSA) is 104 Å². The van der Waals surface area contributed by atoms with Crippen LogP contribution in [-0.2, 0) is 19.0 Å². The average Bonchev–Trinajstić information content (AvgIpc) is 2.94. The molecule has 8 nitrogen and oxygen atoms in total. The predicted octanol–water partition coefficient (Wildman–Crippen LogP) is 4.46. The Balaban J connectivity index is 2.44. The summed E-state index contributed by atoms with van der Waals surface area (Å²) >= 11 is 0. The summed E-state index contributed by atoms with van der Waals surface area (Å²) in [6.07, 6.45) is 0. The first-order valence-electron chi connectivity index (χ1n) is 9.81. The number of nitrogens with zero attached hydrogens (tertiary/aromatic N) is 3. The van der Waals surface area contributed by atoms with Gasteiger partial charge in [-0.05, 0) is 44.1 Å². The highest BCUT2D eigenvalue weighted by atomic mass is 32.2. The number of aliphatic hydroxyl groups excluding tert-OH is 1. The van der Waals surface area contributed by atoms with Gasteiger partial charge in [0.1, 0.15) is 5.72 Å². The van der Waals surface area contributed by atoms with Crippen molar-refractivity contribution in [2.45, 2.75) is 69.4 Å². The molecule has 0 aromatic heterocycles. The quantitative estimate of drug-likeness (QED) is 0.384. The van der Waals surface area contributed by atoms with Crippen LogP contribution in [0.3, 0.4) is 0 Å². The second-order valence-electron chi connectivity index (χ2n) is 9.40. The molecule has 0 aliphatic carbocycles. The summed E-state index contributed by atoms with van der Waals surface area (Å²) in [6, 6.07) is 7.07. The van der Waals surface area contributed by atoms with E-state index in [0.29, 0.717) is 0 Å². The molecule has 1 heterocycles. The van der Waals surface area contributed by atoms with Gasteiger partial charge in [0.25, 0.3) is 9.84 Å². The first-order valence-corrected chi connectivity index (χ1v) is 14.2. The molecule has 1 aromatic carbocycles. The van der Waals surface area contributed by atoms with Crippen LogP contribution < -0.4 is 0 Å². The highest BCUT2D eigenvalue weighted by Crippen LogP contribution is 2.39. The maximum Gasteiger partial charge on any atom is 0.537 e. The third-order valence-corrected chi connectivity index (χ3v) is 12.0. The number of hydrogen-bond acceptors (Lipinski definition) is 7. The Morgan fingerprint density at radius 1 is 1.33 bits per heavy atom. The van der Waals surface area contributed by atoms with Gasteiger partial charge in [-0.1, -0.05) is 39.0 Å². The molecule has 0 radical (unpaired) electrons. The van der Waals surface area contributed by atoms with E-state index in [9.17, 15) is 18.9 Å². The van der Waals surface area contributed by atoms with E-state index >= 15 is 0 Å². The fourth-order valence-corrected chi connectivity index (χ4v) is 5.22. The Morgan fingerprint density at radius 2 is 1.90 bits per heavy atom. The lowest BCUT2D eigenvalue weighted by atomic mass is 10.2. The van der Waals surface area contributed by atoms with Gasteiger partial charge in [-0.3, -0.25) is 4.90 Å². The van der Waals surface area contributed by atoms with Crippen molar-refractivity contribution in [3.63, 3.8) is 0 Å². The molecule has 0 spiro atoms. The van der Waals surface area contributed by atoms with E-state index in [1.54, 1.807) is 32.0 Å². The van der Waals surface area contributed by atoms with Gasteiger partial charge < -0.3 is 14.3 Å². The fraction of sp³-hybridized carbons (Fsp3) is 0.600. The molecule has 1 aliphatic heterocycles. The van der Waals surface area contributed by atoms with Crippen molar-refractivity contribution in [1.29, 1.82) is 5.39 Å². The van der Waals surface area contributed by atoms with Gasteiger partial charge in [-0.25, -0.2) is 8.42 Å². The third kappa shape index (κ3) is 4.69. The van der Waals surface area contributed by atoms with Crippen LogP contribution in [0.5, 0.6) is 0 Å². The van der Waals surface area contributed by atoms with Crippen molar-refractivity contribution in [2.75, 3.05) is 13.2 Å². The van der Waals surface area contributed by atoms with Crippen molar-refractivity contribution < 1.29 is 22.7 Å². The molecule has 1 aromatic rings. The van der Waals surface area contributed by atoms with Crippen LogP contribution in [0.2, 0.25) is 18.1 Å². The smallest absolute Gasteiger partial charge is 0.488 e. The molecular weight excluding hydrogens is 422 g/mol. The lowest BCUT2D eigenvalue weighted by Gasteiger charge is -2.39. The molecule has 166 valence electrons. The molecular formula is C20H32N3O5SSi+. The Labute approximate surface area is 180 Å². The highest BCUT2D eigenvalue weighted by molar-refractivity contribution is 7.95. The number of ether oxygens (including phenoxy) is 1. The molecule has 1 aliphatic rings. The second-order valence-corrected chi connectivity index (χ2v) is 16.1. The molecule has 1 atom stereocenters. The van der Waals surface area contributed by atoms with Gasteiger partial charge in [0.15, 0.2) is 13.3 Å². The van der Waals surface area contributed by atoms with E-state index in [1.165, 1.54) is 17.0 Å². The number of benzene rings is 1. The van der Waals surface area contributed by atoms with Gasteiger partial charge in [-0.15, -0.1) is 0 Å². The normalized spacial score (nSPS) is 20.6. The molecule has 1 N–H and O–H groups in total. The van der Waals surface area contributed by atoms with Crippen LogP contribution >= 0.6 is 0 Å². The molecule has 1 fully saturated rings. The predicted molar refractivity (Wildman–Crippen MR) is 117 cm³/mol. The summed E-state index contributed by atoms with van der Waals surface area (Å²) in [5, 5.41) is 19.6. The zero-order valence-electron chi connectivity index (χ0n) is 18.7. The standard InChI is InChI=1S/C20H31N3O5SSi/c1-19(2,3)30(6,7)28-14-15-13-27-20(4,5)23(15)18(24)17(22-21)29(25,26)16-11-9-8-10-12-16/h8-12,15H,13-14H2,1-7H3/p+1/b18-17-/t15-/m0/s1. The van der Waals surface area contributed by atoms with Crippen molar-refractivity contribution in [1.82, 2.24) is 4.90 Å².